The molecule has 0 unspecified atom stereocenters. The van der Waals surface area contributed by atoms with E-state index in [1.165, 1.54) is 5.56 Å². The van der Waals surface area contributed by atoms with E-state index in [4.69, 9.17) is 4.74 Å². The van der Waals surface area contributed by atoms with Gasteiger partial charge in [-0.1, -0.05) is 27.7 Å². The summed E-state index contributed by atoms with van der Waals surface area (Å²) in [5.41, 5.74) is 2.50. The van der Waals surface area contributed by atoms with Crippen molar-refractivity contribution < 1.29 is 4.74 Å². The first kappa shape index (κ1) is 12.9. The second-order valence-electron chi connectivity index (χ2n) is 5.06. The molecule has 0 saturated carbocycles. The van der Waals surface area contributed by atoms with Crippen LogP contribution in [0.15, 0.2) is 18.2 Å². The molecule has 90 valence electrons. The van der Waals surface area contributed by atoms with Crippen molar-refractivity contribution in [2.24, 2.45) is 0 Å². The summed E-state index contributed by atoms with van der Waals surface area (Å²) >= 11 is 0. The Hall–Kier alpha value is -1.18. The number of rotatable bonds is 4. The van der Waals surface area contributed by atoms with Gasteiger partial charge in [-0.3, -0.25) is 0 Å². The average Bonchev–Trinajstić information content (AvgIpc) is 2.25. The summed E-state index contributed by atoms with van der Waals surface area (Å²) in [7, 11) is 1.94. The molecular weight excluding hydrogens is 198 g/mol. The lowest BCUT2D eigenvalue weighted by molar-refractivity contribution is 0.308. The van der Waals surface area contributed by atoms with Gasteiger partial charge in [0.2, 0.25) is 0 Å². The third kappa shape index (κ3) is 3.16. The molecule has 0 radical (unpaired) electrons. The van der Waals surface area contributed by atoms with E-state index in [0.717, 1.165) is 24.5 Å². The van der Waals surface area contributed by atoms with Gasteiger partial charge in [-0.2, -0.15) is 0 Å². The molecule has 1 N–H and O–H groups in total. The Labute approximate surface area is 99.0 Å². The van der Waals surface area contributed by atoms with Crippen LogP contribution in [0.25, 0.3) is 0 Å². The number of ether oxygens (including phenoxy) is 1. The van der Waals surface area contributed by atoms with Crippen LogP contribution in [0.4, 0.5) is 5.69 Å². The molecule has 1 aromatic rings. The van der Waals surface area contributed by atoms with Gasteiger partial charge in [0.05, 0.1) is 6.61 Å². The van der Waals surface area contributed by atoms with E-state index < -0.39 is 0 Å². The Balaban J connectivity index is 3.06. The first-order valence-corrected chi connectivity index (χ1v) is 5.94. The first-order valence-electron chi connectivity index (χ1n) is 5.94. The summed E-state index contributed by atoms with van der Waals surface area (Å²) in [6, 6.07) is 6.29. The molecule has 0 aliphatic carbocycles. The van der Waals surface area contributed by atoms with Crippen LogP contribution in [0.1, 0.15) is 39.7 Å². The molecule has 0 spiro atoms. The van der Waals surface area contributed by atoms with Crippen molar-refractivity contribution in [3.05, 3.63) is 23.8 Å². The van der Waals surface area contributed by atoms with Crippen molar-refractivity contribution in [1.82, 2.24) is 0 Å². The van der Waals surface area contributed by atoms with Crippen LogP contribution in [0, 0.1) is 0 Å². The predicted molar refractivity (Wildman–Crippen MR) is 70.5 cm³/mol. The first-order chi connectivity index (χ1) is 7.49. The molecule has 16 heavy (non-hydrogen) atoms. The van der Waals surface area contributed by atoms with E-state index in [1.54, 1.807) is 0 Å². The molecule has 1 aromatic carbocycles. The van der Waals surface area contributed by atoms with Crippen LogP contribution in [-0.2, 0) is 5.41 Å². The van der Waals surface area contributed by atoms with Gasteiger partial charge in [0.1, 0.15) is 5.75 Å². The van der Waals surface area contributed by atoms with E-state index in [1.807, 2.05) is 7.05 Å². The number of anilines is 1. The lowest BCUT2D eigenvalue weighted by Gasteiger charge is -2.23. The van der Waals surface area contributed by atoms with Gasteiger partial charge in [0.25, 0.3) is 0 Å². The van der Waals surface area contributed by atoms with Crippen molar-refractivity contribution in [2.45, 2.75) is 39.5 Å². The minimum Gasteiger partial charge on any atom is -0.493 e. The average molecular weight is 221 g/mol. The number of hydrogen-bond acceptors (Lipinski definition) is 2. The zero-order valence-electron chi connectivity index (χ0n) is 11.1. The highest BCUT2D eigenvalue weighted by molar-refractivity contribution is 5.53. The third-order valence-corrected chi connectivity index (χ3v) is 2.54. The van der Waals surface area contributed by atoms with Gasteiger partial charge in [-0.25, -0.2) is 0 Å². The molecule has 0 atom stereocenters. The van der Waals surface area contributed by atoms with Gasteiger partial charge < -0.3 is 10.1 Å². The molecule has 1 rings (SSSR count). The van der Waals surface area contributed by atoms with Crippen molar-refractivity contribution in [3.63, 3.8) is 0 Å². The predicted octanol–water partition coefficient (Wildman–Crippen LogP) is 3.81. The standard InChI is InChI=1S/C14H23NO/c1-6-9-16-13-8-7-11(15-5)10-12(13)14(2,3)4/h7-8,10,15H,6,9H2,1-5H3. The lowest BCUT2D eigenvalue weighted by Crippen LogP contribution is -2.14. The van der Waals surface area contributed by atoms with Gasteiger partial charge in [-0.15, -0.1) is 0 Å². The van der Waals surface area contributed by atoms with Crippen molar-refractivity contribution in [1.29, 1.82) is 0 Å². The minimum absolute atomic E-state index is 0.107. The zero-order chi connectivity index (χ0) is 12.2. The maximum atomic E-state index is 5.78. The molecular formula is C14H23NO. The third-order valence-electron chi connectivity index (χ3n) is 2.54. The van der Waals surface area contributed by atoms with E-state index in [9.17, 15) is 0 Å². The molecule has 0 fully saturated rings. The lowest BCUT2D eigenvalue weighted by atomic mass is 9.86. The van der Waals surface area contributed by atoms with Crippen LogP contribution in [-0.4, -0.2) is 13.7 Å². The van der Waals surface area contributed by atoms with Gasteiger partial charge >= 0.3 is 0 Å². The highest BCUT2D eigenvalue weighted by Crippen LogP contribution is 2.33. The minimum atomic E-state index is 0.107. The summed E-state index contributed by atoms with van der Waals surface area (Å²) < 4.78 is 5.78. The topological polar surface area (TPSA) is 21.3 Å². The highest BCUT2D eigenvalue weighted by atomic mass is 16.5. The van der Waals surface area contributed by atoms with Gasteiger partial charge in [0.15, 0.2) is 0 Å². The smallest absolute Gasteiger partial charge is 0.123 e. The highest BCUT2D eigenvalue weighted by Gasteiger charge is 2.19. The number of benzene rings is 1. The molecule has 0 saturated heterocycles. The normalized spacial score (nSPS) is 11.3. The van der Waals surface area contributed by atoms with Crippen molar-refractivity contribution in [2.75, 3.05) is 19.0 Å². The maximum Gasteiger partial charge on any atom is 0.123 e. The van der Waals surface area contributed by atoms with Crippen LogP contribution in [0.5, 0.6) is 5.75 Å². The Morgan fingerprint density at radius 1 is 1.25 bits per heavy atom. The van der Waals surface area contributed by atoms with Gasteiger partial charge in [0, 0.05) is 18.3 Å². The monoisotopic (exact) mass is 221 g/mol. The Kier molecular flexibility index (Phi) is 4.22. The Morgan fingerprint density at radius 3 is 2.44 bits per heavy atom. The molecule has 2 heteroatoms. The van der Waals surface area contributed by atoms with Crippen LogP contribution >= 0.6 is 0 Å². The number of hydrogen-bond donors (Lipinski definition) is 1. The van der Waals surface area contributed by atoms with E-state index >= 15 is 0 Å². The van der Waals surface area contributed by atoms with Gasteiger partial charge in [-0.05, 0) is 30.0 Å². The van der Waals surface area contributed by atoms with Crippen molar-refractivity contribution >= 4 is 5.69 Å². The van der Waals surface area contributed by atoms with Crippen LogP contribution in [0.2, 0.25) is 0 Å². The molecule has 0 aliphatic heterocycles. The SMILES string of the molecule is CCCOc1ccc(NC)cc1C(C)(C)C. The molecule has 2 nitrogen and oxygen atoms in total. The summed E-state index contributed by atoms with van der Waals surface area (Å²) in [6.45, 7) is 9.53. The van der Waals surface area contributed by atoms with E-state index in [0.29, 0.717) is 0 Å². The summed E-state index contributed by atoms with van der Waals surface area (Å²) in [6.07, 6.45) is 1.04. The fourth-order valence-corrected chi connectivity index (χ4v) is 1.61. The largest absolute Gasteiger partial charge is 0.493 e. The fourth-order valence-electron chi connectivity index (χ4n) is 1.61. The second-order valence-corrected chi connectivity index (χ2v) is 5.06. The van der Waals surface area contributed by atoms with Crippen LogP contribution in [0.3, 0.4) is 0 Å². The Morgan fingerprint density at radius 2 is 1.94 bits per heavy atom. The zero-order valence-corrected chi connectivity index (χ0v) is 11.1. The molecule has 0 aliphatic rings. The molecule has 0 bridgehead atoms. The summed E-state index contributed by atoms with van der Waals surface area (Å²) in [5.74, 6) is 1.01. The number of nitrogens with one attached hydrogen (secondary N) is 1. The fraction of sp³-hybridized carbons (Fsp3) is 0.571. The van der Waals surface area contributed by atoms with E-state index in [2.05, 4.69) is 51.2 Å². The van der Waals surface area contributed by atoms with E-state index in [-0.39, 0.29) is 5.41 Å². The molecule has 0 amide bonds. The summed E-state index contributed by atoms with van der Waals surface area (Å²) in [5, 5.41) is 3.17. The maximum absolute atomic E-state index is 5.78. The second kappa shape index (κ2) is 5.24. The summed E-state index contributed by atoms with van der Waals surface area (Å²) in [4.78, 5) is 0. The Bertz CT molecular complexity index is 339. The molecule has 0 heterocycles. The van der Waals surface area contributed by atoms with Crippen molar-refractivity contribution in [3.8, 4) is 5.75 Å². The molecule has 0 aromatic heterocycles. The van der Waals surface area contributed by atoms with Crippen LogP contribution < -0.4 is 10.1 Å². The quantitative estimate of drug-likeness (QED) is 0.834.